The summed E-state index contributed by atoms with van der Waals surface area (Å²) in [4.78, 5) is 13.2. The number of hydrogen-bond acceptors (Lipinski definition) is 4. The lowest BCUT2D eigenvalue weighted by Crippen LogP contribution is -2.45. The minimum absolute atomic E-state index is 0.0992. The summed E-state index contributed by atoms with van der Waals surface area (Å²) < 4.78 is 0. The maximum atomic E-state index is 10.8. The van der Waals surface area contributed by atoms with E-state index in [1.807, 2.05) is 6.92 Å². The molecule has 1 heterocycles. The van der Waals surface area contributed by atoms with E-state index < -0.39 is 0 Å². The van der Waals surface area contributed by atoms with E-state index in [4.69, 9.17) is 0 Å². The number of piperazine rings is 1. The number of rotatable bonds is 5. The SMILES string of the molecule is CC(=O)C=C(C)NCCN1CCNCC1. The van der Waals surface area contributed by atoms with Gasteiger partial charge in [0.2, 0.25) is 0 Å². The second kappa shape index (κ2) is 6.58. The fourth-order valence-corrected chi connectivity index (χ4v) is 1.70. The van der Waals surface area contributed by atoms with Crippen LogP contribution < -0.4 is 10.6 Å². The molecule has 0 bridgehead atoms. The average Bonchev–Trinajstić information content (AvgIpc) is 2.18. The van der Waals surface area contributed by atoms with Gasteiger partial charge in [0, 0.05) is 45.0 Å². The molecule has 1 aliphatic heterocycles. The Morgan fingerprint density at radius 1 is 1.40 bits per heavy atom. The highest BCUT2D eigenvalue weighted by atomic mass is 16.1. The first kappa shape index (κ1) is 12.2. The smallest absolute Gasteiger partial charge is 0.154 e. The molecule has 1 saturated heterocycles. The molecular weight excluding hydrogens is 190 g/mol. The van der Waals surface area contributed by atoms with Crippen molar-refractivity contribution < 1.29 is 4.79 Å². The Balaban J connectivity index is 2.12. The number of nitrogens with one attached hydrogen (secondary N) is 2. The van der Waals surface area contributed by atoms with E-state index in [1.54, 1.807) is 13.0 Å². The number of nitrogens with zero attached hydrogens (tertiary/aromatic N) is 1. The molecule has 0 radical (unpaired) electrons. The van der Waals surface area contributed by atoms with Crippen molar-refractivity contribution in [1.82, 2.24) is 15.5 Å². The summed E-state index contributed by atoms with van der Waals surface area (Å²) in [7, 11) is 0. The molecule has 0 aliphatic carbocycles. The Hall–Kier alpha value is -0.870. The lowest BCUT2D eigenvalue weighted by molar-refractivity contribution is -0.112. The molecule has 0 aromatic carbocycles. The highest BCUT2D eigenvalue weighted by Gasteiger charge is 2.07. The molecule has 1 fully saturated rings. The summed E-state index contributed by atoms with van der Waals surface area (Å²) in [6.45, 7) is 9.87. The minimum Gasteiger partial charge on any atom is -0.387 e. The summed E-state index contributed by atoms with van der Waals surface area (Å²) in [5, 5.41) is 6.56. The number of carbonyl (C=O) groups is 1. The second-order valence-electron chi connectivity index (χ2n) is 3.96. The van der Waals surface area contributed by atoms with Crippen molar-refractivity contribution in [3.8, 4) is 0 Å². The van der Waals surface area contributed by atoms with E-state index in [0.29, 0.717) is 0 Å². The molecule has 4 heteroatoms. The Labute approximate surface area is 91.7 Å². The predicted molar refractivity (Wildman–Crippen MR) is 61.8 cm³/mol. The van der Waals surface area contributed by atoms with Crippen LogP contribution in [0.4, 0.5) is 0 Å². The molecule has 1 aliphatic rings. The Morgan fingerprint density at radius 3 is 2.67 bits per heavy atom. The number of carbonyl (C=O) groups excluding carboxylic acids is 1. The average molecular weight is 211 g/mol. The van der Waals surface area contributed by atoms with Gasteiger partial charge in [0.25, 0.3) is 0 Å². The van der Waals surface area contributed by atoms with Gasteiger partial charge in [-0.3, -0.25) is 9.69 Å². The highest BCUT2D eigenvalue weighted by Crippen LogP contribution is 1.92. The summed E-state index contributed by atoms with van der Waals surface area (Å²) in [6, 6.07) is 0. The van der Waals surface area contributed by atoms with Crippen molar-refractivity contribution in [2.75, 3.05) is 39.3 Å². The van der Waals surface area contributed by atoms with Crippen LogP contribution in [0.5, 0.6) is 0 Å². The first-order chi connectivity index (χ1) is 7.18. The van der Waals surface area contributed by atoms with Crippen LogP contribution in [-0.2, 0) is 4.79 Å². The highest BCUT2D eigenvalue weighted by molar-refractivity contribution is 5.87. The van der Waals surface area contributed by atoms with E-state index >= 15 is 0 Å². The molecule has 1 rings (SSSR count). The predicted octanol–water partition coefficient (Wildman–Crippen LogP) is -0.0260. The van der Waals surface area contributed by atoms with Gasteiger partial charge in [-0.15, -0.1) is 0 Å². The monoisotopic (exact) mass is 211 g/mol. The minimum atomic E-state index is 0.0992. The first-order valence-corrected chi connectivity index (χ1v) is 5.54. The van der Waals surface area contributed by atoms with Crippen molar-refractivity contribution in [2.45, 2.75) is 13.8 Å². The Morgan fingerprint density at radius 2 is 2.07 bits per heavy atom. The van der Waals surface area contributed by atoms with Crippen LogP contribution in [0.2, 0.25) is 0 Å². The van der Waals surface area contributed by atoms with Crippen molar-refractivity contribution in [2.24, 2.45) is 0 Å². The Kier molecular flexibility index (Phi) is 5.36. The van der Waals surface area contributed by atoms with Crippen LogP contribution in [0.15, 0.2) is 11.8 Å². The van der Waals surface area contributed by atoms with Crippen LogP contribution >= 0.6 is 0 Å². The fraction of sp³-hybridized carbons (Fsp3) is 0.727. The summed E-state index contributed by atoms with van der Waals surface area (Å²) >= 11 is 0. The third-order valence-corrected chi connectivity index (χ3v) is 2.46. The zero-order valence-electron chi connectivity index (χ0n) is 9.68. The lowest BCUT2D eigenvalue weighted by atomic mass is 10.3. The third kappa shape index (κ3) is 5.54. The topological polar surface area (TPSA) is 44.4 Å². The molecule has 86 valence electrons. The van der Waals surface area contributed by atoms with Crippen LogP contribution in [-0.4, -0.2) is 50.0 Å². The molecule has 2 N–H and O–H groups in total. The molecule has 0 aromatic heterocycles. The summed E-state index contributed by atoms with van der Waals surface area (Å²) in [5.41, 5.74) is 0.956. The van der Waals surface area contributed by atoms with Crippen molar-refractivity contribution in [3.63, 3.8) is 0 Å². The van der Waals surface area contributed by atoms with Crippen molar-refractivity contribution in [3.05, 3.63) is 11.8 Å². The maximum Gasteiger partial charge on any atom is 0.154 e. The maximum absolute atomic E-state index is 10.8. The molecule has 0 atom stereocenters. The summed E-state index contributed by atoms with van der Waals surface area (Å²) in [5.74, 6) is 0.0992. The van der Waals surface area contributed by atoms with E-state index in [-0.39, 0.29) is 5.78 Å². The van der Waals surface area contributed by atoms with Gasteiger partial charge in [-0.05, 0) is 19.9 Å². The van der Waals surface area contributed by atoms with Gasteiger partial charge in [0.05, 0.1) is 0 Å². The molecule has 0 aromatic rings. The fourth-order valence-electron chi connectivity index (χ4n) is 1.70. The number of hydrogen-bond donors (Lipinski definition) is 2. The number of allylic oxidation sites excluding steroid dienone is 2. The second-order valence-corrected chi connectivity index (χ2v) is 3.96. The number of ketones is 1. The normalized spacial score (nSPS) is 18.9. The molecule has 0 saturated carbocycles. The van der Waals surface area contributed by atoms with Crippen molar-refractivity contribution in [1.29, 1.82) is 0 Å². The standard InChI is InChI=1S/C11H21N3O/c1-10(9-11(2)15)13-5-8-14-6-3-12-4-7-14/h9,12-13H,3-8H2,1-2H3. The zero-order valence-corrected chi connectivity index (χ0v) is 9.68. The van der Waals surface area contributed by atoms with Crippen molar-refractivity contribution >= 4 is 5.78 Å². The first-order valence-electron chi connectivity index (χ1n) is 5.54. The molecule has 0 spiro atoms. The lowest BCUT2D eigenvalue weighted by Gasteiger charge is -2.27. The van der Waals surface area contributed by atoms with Crippen LogP contribution in [0.25, 0.3) is 0 Å². The van der Waals surface area contributed by atoms with E-state index in [1.165, 1.54) is 0 Å². The van der Waals surface area contributed by atoms with E-state index in [0.717, 1.165) is 45.0 Å². The quantitative estimate of drug-likeness (QED) is 0.627. The van der Waals surface area contributed by atoms with Gasteiger partial charge >= 0.3 is 0 Å². The molecule has 0 amide bonds. The van der Waals surface area contributed by atoms with Gasteiger partial charge < -0.3 is 10.6 Å². The molecular formula is C11H21N3O. The van der Waals surface area contributed by atoms with Gasteiger partial charge in [0.1, 0.15) is 0 Å². The Bertz CT molecular complexity index is 232. The summed E-state index contributed by atoms with van der Waals surface area (Å²) in [6.07, 6.45) is 1.64. The molecule has 0 unspecified atom stereocenters. The van der Waals surface area contributed by atoms with Gasteiger partial charge in [-0.2, -0.15) is 0 Å². The van der Waals surface area contributed by atoms with Crippen LogP contribution in [0.1, 0.15) is 13.8 Å². The van der Waals surface area contributed by atoms with Crippen LogP contribution in [0.3, 0.4) is 0 Å². The van der Waals surface area contributed by atoms with Gasteiger partial charge in [-0.1, -0.05) is 0 Å². The largest absolute Gasteiger partial charge is 0.387 e. The van der Waals surface area contributed by atoms with Crippen LogP contribution in [0, 0.1) is 0 Å². The van der Waals surface area contributed by atoms with Gasteiger partial charge in [-0.25, -0.2) is 0 Å². The molecule has 15 heavy (non-hydrogen) atoms. The molecule has 4 nitrogen and oxygen atoms in total. The van der Waals surface area contributed by atoms with E-state index in [9.17, 15) is 4.79 Å². The zero-order chi connectivity index (χ0) is 11.1. The van der Waals surface area contributed by atoms with E-state index in [2.05, 4.69) is 15.5 Å². The third-order valence-electron chi connectivity index (χ3n) is 2.46. The van der Waals surface area contributed by atoms with Gasteiger partial charge in [0.15, 0.2) is 5.78 Å².